The van der Waals surface area contributed by atoms with E-state index in [9.17, 15) is 0 Å². The quantitative estimate of drug-likeness (QED) is 0.586. The van der Waals surface area contributed by atoms with E-state index in [2.05, 4.69) is 83.5 Å². The molecule has 3 heterocycles. The van der Waals surface area contributed by atoms with Gasteiger partial charge in [-0.05, 0) is 59.7 Å². The highest BCUT2D eigenvalue weighted by atomic mass is 15.4. The molecule has 3 aromatic rings. The van der Waals surface area contributed by atoms with Gasteiger partial charge in [-0.25, -0.2) is 14.0 Å². The molecule has 3 aromatic heterocycles. The van der Waals surface area contributed by atoms with E-state index in [0.29, 0.717) is 20.0 Å². The minimum absolute atomic E-state index is 0.655. The number of nitrogens with zero attached hydrogens (tertiary/aromatic N) is 8. The van der Waals surface area contributed by atoms with Crippen molar-refractivity contribution < 1.29 is 0 Å². The van der Waals surface area contributed by atoms with E-state index in [1.54, 1.807) is 0 Å². The van der Waals surface area contributed by atoms with Crippen molar-refractivity contribution in [3.05, 3.63) is 64.8 Å². The molecule has 0 saturated heterocycles. The standard InChI is InChI=1S/C21H32N8/c1-16-10-19(4)27(22-16)13-25(7)8-9-26(14-28-20(5)11-17(2)23-28)15-29-21(6)12-18(3)24-29/h8-12H,13-15H2,1-7H3/b9-8+. The molecule has 8 heteroatoms. The van der Waals surface area contributed by atoms with E-state index in [1.165, 1.54) is 0 Å². The average Bonchev–Trinajstić information content (AvgIpc) is 3.22. The zero-order valence-electron chi connectivity index (χ0n) is 18.6. The van der Waals surface area contributed by atoms with E-state index in [1.807, 2.05) is 34.8 Å². The van der Waals surface area contributed by atoms with Crippen molar-refractivity contribution in [1.82, 2.24) is 39.1 Å². The van der Waals surface area contributed by atoms with Crippen LogP contribution in [0.5, 0.6) is 0 Å². The summed E-state index contributed by atoms with van der Waals surface area (Å²) in [5.74, 6) is 0. The number of hydrogen-bond acceptors (Lipinski definition) is 5. The molecular weight excluding hydrogens is 364 g/mol. The van der Waals surface area contributed by atoms with Crippen molar-refractivity contribution in [2.24, 2.45) is 0 Å². The summed E-state index contributed by atoms with van der Waals surface area (Å²) < 4.78 is 6.05. The monoisotopic (exact) mass is 396 g/mol. The van der Waals surface area contributed by atoms with Crippen molar-refractivity contribution >= 4 is 0 Å². The highest BCUT2D eigenvalue weighted by Gasteiger charge is 2.09. The molecular formula is C21H32N8. The van der Waals surface area contributed by atoms with Gasteiger partial charge < -0.3 is 9.80 Å². The van der Waals surface area contributed by atoms with Gasteiger partial charge in [0.25, 0.3) is 0 Å². The topological polar surface area (TPSA) is 59.9 Å². The van der Waals surface area contributed by atoms with Crippen molar-refractivity contribution in [2.75, 3.05) is 7.05 Å². The van der Waals surface area contributed by atoms with Crippen LogP contribution in [-0.4, -0.2) is 46.2 Å². The maximum atomic E-state index is 4.61. The largest absolute Gasteiger partial charge is 0.360 e. The summed E-state index contributed by atoms with van der Waals surface area (Å²) in [7, 11) is 2.05. The number of rotatable bonds is 8. The normalized spacial score (nSPS) is 11.6. The molecule has 0 aliphatic rings. The van der Waals surface area contributed by atoms with Crippen LogP contribution in [0, 0.1) is 41.5 Å². The summed E-state index contributed by atoms with van der Waals surface area (Å²) >= 11 is 0. The highest BCUT2D eigenvalue weighted by molar-refractivity contribution is 5.08. The molecule has 0 aliphatic carbocycles. The average molecular weight is 397 g/mol. The fourth-order valence-corrected chi connectivity index (χ4v) is 3.40. The lowest BCUT2D eigenvalue weighted by molar-refractivity contribution is 0.213. The first-order valence-corrected chi connectivity index (χ1v) is 9.87. The van der Waals surface area contributed by atoms with E-state index >= 15 is 0 Å². The molecule has 0 aromatic carbocycles. The van der Waals surface area contributed by atoms with Gasteiger partial charge in [0.15, 0.2) is 0 Å². The third kappa shape index (κ3) is 5.28. The predicted molar refractivity (Wildman–Crippen MR) is 114 cm³/mol. The van der Waals surface area contributed by atoms with E-state index in [4.69, 9.17) is 0 Å². The molecule has 156 valence electrons. The van der Waals surface area contributed by atoms with Crippen LogP contribution < -0.4 is 0 Å². The summed E-state index contributed by atoms with van der Waals surface area (Å²) in [4.78, 5) is 4.32. The Morgan fingerprint density at radius 3 is 1.38 bits per heavy atom. The third-order valence-corrected chi connectivity index (χ3v) is 4.83. The first kappa shape index (κ1) is 20.7. The van der Waals surface area contributed by atoms with Crippen LogP contribution in [0.3, 0.4) is 0 Å². The Morgan fingerprint density at radius 2 is 1.03 bits per heavy atom. The van der Waals surface area contributed by atoms with E-state index in [-0.39, 0.29) is 0 Å². The molecule has 0 fully saturated rings. The fourth-order valence-electron chi connectivity index (χ4n) is 3.40. The summed E-state index contributed by atoms with van der Waals surface area (Å²) in [6.45, 7) is 14.3. The summed E-state index contributed by atoms with van der Waals surface area (Å²) in [5.41, 5.74) is 6.54. The van der Waals surface area contributed by atoms with Crippen molar-refractivity contribution in [3.63, 3.8) is 0 Å². The zero-order chi connectivity index (χ0) is 21.1. The molecule has 8 nitrogen and oxygen atoms in total. The Balaban J connectivity index is 1.76. The summed E-state index contributed by atoms with van der Waals surface area (Å²) in [6.07, 6.45) is 4.17. The molecule has 0 spiro atoms. The van der Waals surface area contributed by atoms with Crippen LogP contribution in [0.25, 0.3) is 0 Å². The van der Waals surface area contributed by atoms with Crippen molar-refractivity contribution in [2.45, 2.75) is 61.5 Å². The predicted octanol–water partition coefficient (Wildman–Crippen LogP) is 3.10. The van der Waals surface area contributed by atoms with Crippen molar-refractivity contribution in [3.8, 4) is 0 Å². The molecule has 29 heavy (non-hydrogen) atoms. The molecule has 0 N–H and O–H groups in total. The van der Waals surface area contributed by atoms with Crippen LogP contribution in [-0.2, 0) is 20.0 Å². The van der Waals surface area contributed by atoms with Crippen LogP contribution in [0.1, 0.15) is 34.2 Å². The van der Waals surface area contributed by atoms with Gasteiger partial charge in [0.05, 0.1) is 17.1 Å². The Hall–Kier alpha value is -3.03. The Labute approximate surface area is 173 Å². The van der Waals surface area contributed by atoms with Gasteiger partial charge in [0, 0.05) is 36.5 Å². The van der Waals surface area contributed by atoms with Crippen LogP contribution >= 0.6 is 0 Å². The molecule has 0 unspecified atom stereocenters. The summed E-state index contributed by atoms with van der Waals surface area (Å²) in [6, 6.07) is 6.29. The molecule has 0 aliphatic heterocycles. The van der Waals surface area contributed by atoms with E-state index < -0.39 is 0 Å². The first-order valence-electron chi connectivity index (χ1n) is 9.87. The second-order valence-corrected chi connectivity index (χ2v) is 7.85. The van der Waals surface area contributed by atoms with Gasteiger partial charge in [0.1, 0.15) is 20.0 Å². The maximum absolute atomic E-state index is 4.61. The second-order valence-electron chi connectivity index (χ2n) is 7.85. The Kier molecular flexibility index (Phi) is 6.10. The highest BCUT2D eigenvalue weighted by Crippen LogP contribution is 2.09. The minimum atomic E-state index is 0.655. The van der Waals surface area contributed by atoms with Crippen molar-refractivity contribution in [1.29, 1.82) is 0 Å². The van der Waals surface area contributed by atoms with Gasteiger partial charge in [-0.15, -0.1) is 0 Å². The third-order valence-electron chi connectivity index (χ3n) is 4.83. The first-order chi connectivity index (χ1) is 13.7. The second kappa shape index (κ2) is 8.55. The number of hydrogen-bond donors (Lipinski definition) is 0. The maximum Gasteiger partial charge on any atom is 0.113 e. The van der Waals surface area contributed by atoms with Crippen LogP contribution in [0.2, 0.25) is 0 Å². The van der Waals surface area contributed by atoms with Crippen LogP contribution in [0.15, 0.2) is 30.6 Å². The SMILES string of the molecule is Cc1cc(C)n(CN(C)/C=C/N(Cn2nc(C)cc2C)Cn2nc(C)cc2C)n1. The van der Waals surface area contributed by atoms with Gasteiger partial charge in [-0.2, -0.15) is 15.3 Å². The van der Waals surface area contributed by atoms with Crippen LogP contribution in [0.4, 0.5) is 0 Å². The Bertz CT molecular complexity index is 942. The van der Waals surface area contributed by atoms with Gasteiger partial charge in [-0.3, -0.25) is 0 Å². The summed E-state index contributed by atoms with van der Waals surface area (Å²) in [5, 5.41) is 13.8. The van der Waals surface area contributed by atoms with Gasteiger partial charge in [0.2, 0.25) is 0 Å². The fraction of sp³-hybridized carbons (Fsp3) is 0.476. The molecule has 0 atom stereocenters. The lowest BCUT2D eigenvalue weighted by Gasteiger charge is -2.23. The Morgan fingerprint density at radius 1 is 0.655 bits per heavy atom. The molecule has 0 saturated carbocycles. The lowest BCUT2D eigenvalue weighted by atomic mass is 10.4. The molecule has 0 bridgehead atoms. The van der Waals surface area contributed by atoms with E-state index in [0.717, 1.165) is 34.2 Å². The molecule has 0 radical (unpaired) electrons. The van der Waals surface area contributed by atoms with Gasteiger partial charge in [-0.1, -0.05) is 0 Å². The number of aryl methyl sites for hydroxylation is 6. The lowest BCUT2D eigenvalue weighted by Crippen LogP contribution is -2.27. The molecule has 3 rings (SSSR count). The number of aromatic nitrogens is 6. The molecule has 0 amide bonds. The smallest absolute Gasteiger partial charge is 0.113 e. The van der Waals surface area contributed by atoms with Gasteiger partial charge >= 0.3 is 0 Å². The zero-order valence-corrected chi connectivity index (χ0v) is 18.6. The minimum Gasteiger partial charge on any atom is -0.360 e.